The lowest BCUT2D eigenvalue weighted by atomic mass is 9.85. The van der Waals surface area contributed by atoms with E-state index in [-0.39, 0.29) is 24.0 Å². The molecule has 0 unspecified atom stereocenters. The van der Waals surface area contributed by atoms with Gasteiger partial charge in [-0.05, 0) is 36.8 Å². The third kappa shape index (κ3) is 2.92. The number of hydrogen-bond acceptors (Lipinski definition) is 4. The van der Waals surface area contributed by atoms with E-state index in [4.69, 9.17) is 16.3 Å². The number of nitrogens with zero attached hydrogens (tertiary/aromatic N) is 2. The molecule has 3 aromatic rings. The number of ether oxygens (including phenoxy) is 1. The first-order chi connectivity index (χ1) is 13.0. The Labute approximate surface area is 161 Å². The highest BCUT2D eigenvalue weighted by Crippen LogP contribution is 2.42. The van der Waals surface area contributed by atoms with Crippen LogP contribution in [0.1, 0.15) is 29.2 Å². The first-order valence-corrected chi connectivity index (χ1v) is 8.88. The van der Waals surface area contributed by atoms with E-state index in [2.05, 4.69) is 10.4 Å². The number of fused-ring (bicyclic) bond motifs is 1. The number of benzene rings is 2. The summed E-state index contributed by atoms with van der Waals surface area (Å²) >= 11 is 6.34. The summed E-state index contributed by atoms with van der Waals surface area (Å²) in [5.41, 5.74) is 3.32. The number of phenols is 1. The number of rotatable bonds is 3. The second kappa shape index (κ2) is 6.63. The molecule has 1 aliphatic rings. The topological polar surface area (TPSA) is 76.4 Å². The number of para-hydroxylation sites is 1. The number of amides is 1. The minimum Gasteiger partial charge on any atom is -0.504 e. The Morgan fingerprint density at radius 2 is 2.07 bits per heavy atom. The molecule has 1 atom stereocenters. The van der Waals surface area contributed by atoms with Gasteiger partial charge in [-0.15, -0.1) is 0 Å². The van der Waals surface area contributed by atoms with Crippen molar-refractivity contribution >= 4 is 23.3 Å². The first-order valence-electron chi connectivity index (χ1n) is 8.50. The molecule has 6 nitrogen and oxygen atoms in total. The molecule has 1 aromatic heterocycles. The number of carbonyl (C=O) groups excluding carboxylic acids is 1. The molecule has 138 valence electrons. The lowest BCUT2D eigenvalue weighted by molar-refractivity contribution is -0.116. The molecular weight excluding hydrogens is 366 g/mol. The van der Waals surface area contributed by atoms with Crippen LogP contribution in [0.15, 0.2) is 42.5 Å². The average molecular weight is 384 g/mol. The summed E-state index contributed by atoms with van der Waals surface area (Å²) in [4.78, 5) is 12.4. The van der Waals surface area contributed by atoms with Crippen molar-refractivity contribution in [1.82, 2.24) is 9.78 Å². The van der Waals surface area contributed by atoms with Crippen LogP contribution in [0.3, 0.4) is 0 Å². The van der Waals surface area contributed by atoms with Gasteiger partial charge < -0.3 is 15.2 Å². The zero-order chi connectivity index (χ0) is 19.1. The molecule has 0 saturated heterocycles. The maximum atomic E-state index is 12.4. The van der Waals surface area contributed by atoms with Gasteiger partial charge in [0.15, 0.2) is 11.5 Å². The van der Waals surface area contributed by atoms with Crippen LogP contribution < -0.4 is 10.1 Å². The van der Waals surface area contributed by atoms with Crippen molar-refractivity contribution in [1.29, 1.82) is 0 Å². The van der Waals surface area contributed by atoms with Crippen LogP contribution in [0.5, 0.6) is 11.5 Å². The summed E-state index contributed by atoms with van der Waals surface area (Å²) in [6.07, 6.45) is 0.288. The predicted molar refractivity (Wildman–Crippen MR) is 103 cm³/mol. The van der Waals surface area contributed by atoms with Crippen LogP contribution in [0.25, 0.3) is 5.69 Å². The van der Waals surface area contributed by atoms with Crippen molar-refractivity contribution in [2.75, 3.05) is 12.4 Å². The minimum absolute atomic E-state index is 0.0604. The number of phenolic OH excluding ortho intramolecular Hbond substituents is 1. The summed E-state index contributed by atoms with van der Waals surface area (Å²) in [6, 6.07) is 12.5. The second-order valence-electron chi connectivity index (χ2n) is 6.45. The lowest BCUT2D eigenvalue weighted by Gasteiger charge is -2.25. The fourth-order valence-corrected chi connectivity index (χ4v) is 3.76. The average Bonchev–Trinajstić information content (AvgIpc) is 2.98. The number of aryl methyl sites for hydroxylation is 1. The Morgan fingerprint density at radius 3 is 2.81 bits per heavy atom. The lowest BCUT2D eigenvalue weighted by Crippen LogP contribution is -2.25. The van der Waals surface area contributed by atoms with Crippen molar-refractivity contribution in [3.63, 3.8) is 0 Å². The highest BCUT2D eigenvalue weighted by Gasteiger charge is 2.33. The molecule has 1 aliphatic heterocycles. The van der Waals surface area contributed by atoms with Crippen molar-refractivity contribution in [2.24, 2.45) is 0 Å². The van der Waals surface area contributed by atoms with Gasteiger partial charge in [0, 0.05) is 17.9 Å². The molecule has 27 heavy (non-hydrogen) atoms. The van der Waals surface area contributed by atoms with Gasteiger partial charge in [0.2, 0.25) is 5.91 Å². The Hall–Kier alpha value is -2.99. The van der Waals surface area contributed by atoms with E-state index in [0.29, 0.717) is 22.3 Å². The van der Waals surface area contributed by atoms with Gasteiger partial charge >= 0.3 is 0 Å². The number of hydrogen-bond donors (Lipinski definition) is 2. The summed E-state index contributed by atoms with van der Waals surface area (Å²) in [7, 11) is 1.50. The summed E-state index contributed by atoms with van der Waals surface area (Å²) < 4.78 is 6.90. The molecule has 1 amide bonds. The Bertz CT molecular complexity index is 1040. The third-order valence-electron chi connectivity index (χ3n) is 4.79. The predicted octanol–water partition coefficient (Wildman–Crippen LogP) is 4.02. The van der Waals surface area contributed by atoms with Gasteiger partial charge in [-0.25, -0.2) is 4.68 Å². The SMILES string of the molecule is COc1cc([C@H]2CC(=O)Nc3c2c(C)nn3-c2ccccc2Cl)ccc1O. The van der Waals surface area contributed by atoms with Crippen LogP contribution in [-0.4, -0.2) is 27.9 Å². The smallest absolute Gasteiger partial charge is 0.226 e. The van der Waals surface area contributed by atoms with E-state index in [1.54, 1.807) is 28.9 Å². The first kappa shape index (κ1) is 17.4. The van der Waals surface area contributed by atoms with Gasteiger partial charge in [-0.2, -0.15) is 5.10 Å². The molecule has 0 saturated carbocycles. The standard InChI is InChI=1S/C20H18ClN3O3/c1-11-19-13(12-7-8-16(25)17(9-12)27-2)10-18(26)22-20(19)24(23-11)15-6-4-3-5-14(15)21/h3-9,13,25H,10H2,1-2H3,(H,22,26)/t13-/m1/s1. The maximum absolute atomic E-state index is 12.4. The number of aromatic nitrogens is 2. The molecule has 0 spiro atoms. The van der Waals surface area contributed by atoms with Crippen LogP contribution in [0.2, 0.25) is 5.02 Å². The van der Waals surface area contributed by atoms with Gasteiger partial charge in [0.05, 0.1) is 23.5 Å². The Morgan fingerprint density at radius 1 is 1.30 bits per heavy atom. The van der Waals surface area contributed by atoms with Crippen molar-refractivity contribution < 1.29 is 14.6 Å². The molecule has 2 N–H and O–H groups in total. The minimum atomic E-state index is -0.195. The van der Waals surface area contributed by atoms with Gasteiger partial charge in [-0.3, -0.25) is 4.79 Å². The quantitative estimate of drug-likeness (QED) is 0.716. The molecule has 0 bridgehead atoms. The molecule has 7 heteroatoms. The van der Waals surface area contributed by atoms with Crippen molar-refractivity contribution in [3.8, 4) is 17.2 Å². The molecule has 2 aromatic carbocycles. The fourth-order valence-electron chi connectivity index (χ4n) is 3.54. The van der Waals surface area contributed by atoms with Crippen LogP contribution in [0, 0.1) is 6.92 Å². The van der Waals surface area contributed by atoms with Crippen LogP contribution in [0.4, 0.5) is 5.82 Å². The van der Waals surface area contributed by atoms with Crippen molar-refractivity contribution in [3.05, 3.63) is 64.3 Å². The van der Waals surface area contributed by atoms with Gasteiger partial charge in [-0.1, -0.05) is 29.8 Å². The number of aromatic hydroxyl groups is 1. The zero-order valence-electron chi connectivity index (χ0n) is 14.9. The second-order valence-corrected chi connectivity index (χ2v) is 6.85. The molecule has 2 heterocycles. The normalized spacial score (nSPS) is 16.0. The number of carbonyl (C=O) groups is 1. The summed E-state index contributed by atoms with van der Waals surface area (Å²) in [5.74, 6) is 0.752. The molecular formula is C20H18ClN3O3. The highest BCUT2D eigenvalue weighted by atomic mass is 35.5. The number of methoxy groups -OCH3 is 1. The number of nitrogens with one attached hydrogen (secondary N) is 1. The van der Waals surface area contributed by atoms with E-state index in [0.717, 1.165) is 16.8 Å². The van der Waals surface area contributed by atoms with E-state index >= 15 is 0 Å². The molecule has 4 rings (SSSR count). The van der Waals surface area contributed by atoms with Crippen LogP contribution in [-0.2, 0) is 4.79 Å². The van der Waals surface area contributed by atoms with E-state index in [9.17, 15) is 9.90 Å². The maximum Gasteiger partial charge on any atom is 0.226 e. The molecule has 0 radical (unpaired) electrons. The highest BCUT2D eigenvalue weighted by molar-refractivity contribution is 6.32. The van der Waals surface area contributed by atoms with E-state index in [1.165, 1.54) is 7.11 Å². The van der Waals surface area contributed by atoms with Crippen LogP contribution >= 0.6 is 11.6 Å². The Kier molecular flexibility index (Phi) is 4.28. The summed E-state index contributed by atoms with van der Waals surface area (Å²) in [5, 5.41) is 18.0. The largest absolute Gasteiger partial charge is 0.504 e. The zero-order valence-corrected chi connectivity index (χ0v) is 15.6. The Balaban J connectivity index is 1.89. The third-order valence-corrected chi connectivity index (χ3v) is 5.11. The molecule has 0 aliphatic carbocycles. The molecule has 0 fully saturated rings. The van der Waals surface area contributed by atoms with Crippen molar-refractivity contribution in [2.45, 2.75) is 19.3 Å². The van der Waals surface area contributed by atoms with E-state index in [1.807, 2.05) is 25.1 Å². The van der Waals surface area contributed by atoms with Gasteiger partial charge in [0.1, 0.15) is 5.82 Å². The number of anilines is 1. The van der Waals surface area contributed by atoms with Gasteiger partial charge in [0.25, 0.3) is 0 Å². The fraction of sp³-hybridized carbons (Fsp3) is 0.200. The van der Waals surface area contributed by atoms with E-state index < -0.39 is 0 Å². The number of halogens is 1. The monoisotopic (exact) mass is 383 g/mol. The summed E-state index contributed by atoms with van der Waals surface area (Å²) in [6.45, 7) is 1.91.